The lowest BCUT2D eigenvalue weighted by molar-refractivity contribution is -0.125. The maximum Gasteiger partial charge on any atom is 0.239 e. The highest BCUT2D eigenvalue weighted by Gasteiger charge is 2.11. The summed E-state index contributed by atoms with van der Waals surface area (Å²) in [4.78, 5) is 25.6. The fourth-order valence-corrected chi connectivity index (χ4v) is 2.30. The molecule has 1 heterocycles. The van der Waals surface area contributed by atoms with Crippen molar-refractivity contribution in [3.63, 3.8) is 0 Å². The highest BCUT2D eigenvalue weighted by atomic mass is 19.1. The van der Waals surface area contributed by atoms with Crippen LogP contribution in [0.1, 0.15) is 5.56 Å². The van der Waals surface area contributed by atoms with E-state index in [1.807, 2.05) is 0 Å². The molecule has 0 aromatic heterocycles. The first kappa shape index (κ1) is 17.4. The number of halogens is 1. The van der Waals surface area contributed by atoms with Gasteiger partial charge in [-0.05, 0) is 11.6 Å². The van der Waals surface area contributed by atoms with Crippen LogP contribution in [0.2, 0.25) is 0 Å². The van der Waals surface area contributed by atoms with Gasteiger partial charge >= 0.3 is 0 Å². The third-order valence-corrected chi connectivity index (χ3v) is 3.61. The highest BCUT2D eigenvalue weighted by Crippen LogP contribution is 2.06. The second-order valence-electron chi connectivity index (χ2n) is 5.35. The van der Waals surface area contributed by atoms with Crippen molar-refractivity contribution >= 4 is 11.8 Å². The van der Waals surface area contributed by atoms with Crippen LogP contribution in [-0.2, 0) is 20.7 Å². The molecule has 1 saturated heterocycles. The number of carbonyl (C=O) groups excluding carboxylic acids is 2. The summed E-state index contributed by atoms with van der Waals surface area (Å²) >= 11 is 0. The number of nitrogens with zero attached hydrogens (tertiary/aromatic N) is 1. The third kappa shape index (κ3) is 6.33. The van der Waals surface area contributed by atoms with Gasteiger partial charge in [0.05, 0.1) is 26.2 Å². The molecule has 1 aliphatic heterocycles. The number of rotatable bonds is 7. The van der Waals surface area contributed by atoms with Gasteiger partial charge in [0.2, 0.25) is 11.8 Å². The maximum atomic E-state index is 13.4. The molecule has 0 bridgehead atoms. The van der Waals surface area contributed by atoms with Crippen LogP contribution in [0, 0.1) is 5.82 Å². The lowest BCUT2D eigenvalue weighted by atomic mass is 10.1. The molecule has 1 aromatic carbocycles. The van der Waals surface area contributed by atoms with Crippen LogP contribution < -0.4 is 10.6 Å². The smallest absolute Gasteiger partial charge is 0.239 e. The zero-order valence-corrected chi connectivity index (χ0v) is 13.0. The number of carbonyl (C=O) groups is 2. The van der Waals surface area contributed by atoms with Crippen molar-refractivity contribution in [1.82, 2.24) is 15.5 Å². The predicted molar refractivity (Wildman–Crippen MR) is 83.4 cm³/mol. The van der Waals surface area contributed by atoms with Gasteiger partial charge in [-0.25, -0.2) is 4.39 Å². The fourth-order valence-electron chi connectivity index (χ4n) is 2.30. The molecular formula is C16H22FN3O3. The zero-order valence-electron chi connectivity index (χ0n) is 13.0. The molecule has 0 unspecified atom stereocenters. The number of amides is 2. The quantitative estimate of drug-likeness (QED) is 0.737. The average molecular weight is 323 g/mol. The molecular weight excluding hydrogens is 301 g/mol. The van der Waals surface area contributed by atoms with Crippen molar-refractivity contribution in [2.45, 2.75) is 6.42 Å². The second-order valence-corrected chi connectivity index (χ2v) is 5.35. The SMILES string of the molecule is O=C(CNC(=O)Cc1ccccc1F)NCCN1CCOCC1. The van der Waals surface area contributed by atoms with Crippen molar-refractivity contribution in [3.05, 3.63) is 35.6 Å². The summed E-state index contributed by atoms with van der Waals surface area (Å²) in [6.45, 7) is 4.38. The lowest BCUT2D eigenvalue weighted by Crippen LogP contribution is -2.43. The van der Waals surface area contributed by atoms with E-state index in [1.165, 1.54) is 6.07 Å². The summed E-state index contributed by atoms with van der Waals surface area (Å²) in [5.74, 6) is -1.05. The van der Waals surface area contributed by atoms with Gasteiger partial charge in [-0.2, -0.15) is 0 Å². The first-order valence-corrected chi connectivity index (χ1v) is 7.72. The lowest BCUT2D eigenvalue weighted by Gasteiger charge is -2.26. The summed E-state index contributed by atoms with van der Waals surface area (Å²) in [7, 11) is 0. The van der Waals surface area contributed by atoms with Crippen LogP contribution in [0.5, 0.6) is 0 Å². The number of hydrogen-bond acceptors (Lipinski definition) is 4. The summed E-state index contributed by atoms with van der Waals surface area (Å²) < 4.78 is 18.7. The maximum absolute atomic E-state index is 13.4. The summed E-state index contributed by atoms with van der Waals surface area (Å²) in [5, 5.41) is 5.25. The molecule has 0 aliphatic carbocycles. The molecule has 2 amide bonds. The van der Waals surface area contributed by atoms with Gasteiger partial charge in [-0.15, -0.1) is 0 Å². The van der Waals surface area contributed by atoms with E-state index >= 15 is 0 Å². The number of benzene rings is 1. The van der Waals surface area contributed by atoms with Crippen LogP contribution in [0.4, 0.5) is 4.39 Å². The Bertz CT molecular complexity index is 533. The van der Waals surface area contributed by atoms with Crippen molar-refractivity contribution < 1.29 is 18.7 Å². The molecule has 7 heteroatoms. The molecule has 0 saturated carbocycles. The van der Waals surface area contributed by atoms with E-state index in [-0.39, 0.29) is 24.8 Å². The van der Waals surface area contributed by atoms with Crippen LogP contribution in [0.15, 0.2) is 24.3 Å². The highest BCUT2D eigenvalue weighted by molar-refractivity contribution is 5.85. The molecule has 6 nitrogen and oxygen atoms in total. The Labute approximate surface area is 135 Å². The zero-order chi connectivity index (χ0) is 16.5. The van der Waals surface area contributed by atoms with E-state index in [0.29, 0.717) is 12.1 Å². The Kier molecular flexibility index (Phi) is 6.96. The Morgan fingerprint density at radius 2 is 1.87 bits per heavy atom. The number of ether oxygens (including phenoxy) is 1. The van der Waals surface area contributed by atoms with Crippen molar-refractivity contribution in [1.29, 1.82) is 0 Å². The molecule has 23 heavy (non-hydrogen) atoms. The Morgan fingerprint density at radius 1 is 1.13 bits per heavy atom. The molecule has 1 fully saturated rings. The van der Waals surface area contributed by atoms with Gasteiger partial charge in [-0.1, -0.05) is 18.2 Å². The van der Waals surface area contributed by atoms with E-state index in [0.717, 1.165) is 32.8 Å². The summed E-state index contributed by atoms with van der Waals surface area (Å²) in [5.41, 5.74) is 0.317. The molecule has 2 rings (SSSR count). The third-order valence-electron chi connectivity index (χ3n) is 3.61. The van der Waals surface area contributed by atoms with E-state index < -0.39 is 5.82 Å². The largest absolute Gasteiger partial charge is 0.379 e. The number of nitrogens with one attached hydrogen (secondary N) is 2. The van der Waals surface area contributed by atoms with Crippen LogP contribution >= 0.6 is 0 Å². The molecule has 0 radical (unpaired) electrons. The summed E-state index contributed by atoms with van der Waals surface area (Å²) in [6, 6.07) is 6.10. The Hall–Kier alpha value is -1.99. The van der Waals surface area contributed by atoms with E-state index in [2.05, 4.69) is 15.5 Å². The number of morpholine rings is 1. The van der Waals surface area contributed by atoms with Crippen LogP contribution in [0.25, 0.3) is 0 Å². The molecule has 126 valence electrons. The van der Waals surface area contributed by atoms with Gasteiger partial charge in [0.15, 0.2) is 0 Å². The monoisotopic (exact) mass is 323 g/mol. The standard InChI is InChI=1S/C16H22FN3O3/c17-14-4-2-1-3-13(14)11-15(21)19-12-16(22)18-5-6-20-7-9-23-10-8-20/h1-4H,5-12H2,(H,18,22)(H,19,21). The topological polar surface area (TPSA) is 70.7 Å². The Balaban J connectivity index is 1.60. The van der Waals surface area contributed by atoms with Gasteiger partial charge in [-0.3, -0.25) is 14.5 Å². The second kappa shape index (κ2) is 9.22. The molecule has 2 N–H and O–H groups in total. The van der Waals surface area contributed by atoms with Gasteiger partial charge < -0.3 is 15.4 Å². The minimum atomic E-state index is -0.419. The molecule has 0 spiro atoms. The Morgan fingerprint density at radius 3 is 2.61 bits per heavy atom. The minimum Gasteiger partial charge on any atom is -0.379 e. The van der Waals surface area contributed by atoms with E-state index in [4.69, 9.17) is 4.74 Å². The van der Waals surface area contributed by atoms with Gasteiger partial charge in [0, 0.05) is 26.2 Å². The molecule has 1 aliphatic rings. The fraction of sp³-hybridized carbons (Fsp3) is 0.500. The normalized spacial score (nSPS) is 15.2. The van der Waals surface area contributed by atoms with Crippen molar-refractivity contribution in [3.8, 4) is 0 Å². The molecule has 0 atom stereocenters. The van der Waals surface area contributed by atoms with Gasteiger partial charge in [0.1, 0.15) is 5.82 Å². The molecule has 1 aromatic rings. The summed E-state index contributed by atoms with van der Waals surface area (Å²) in [6.07, 6.45) is -0.0757. The van der Waals surface area contributed by atoms with E-state index in [9.17, 15) is 14.0 Å². The predicted octanol–water partition coefficient (Wildman–Crippen LogP) is -0.0672. The minimum absolute atomic E-state index is 0.0757. The van der Waals surface area contributed by atoms with Crippen molar-refractivity contribution in [2.24, 2.45) is 0 Å². The van der Waals surface area contributed by atoms with Gasteiger partial charge in [0.25, 0.3) is 0 Å². The van der Waals surface area contributed by atoms with Crippen LogP contribution in [-0.4, -0.2) is 62.7 Å². The van der Waals surface area contributed by atoms with E-state index in [1.54, 1.807) is 18.2 Å². The average Bonchev–Trinajstić information content (AvgIpc) is 2.56. The van der Waals surface area contributed by atoms with Crippen molar-refractivity contribution in [2.75, 3.05) is 45.9 Å². The first-order valence-electron chi connectivity index (χ1n) is 7.72. The first-order chi connectivity index (χ1) is 11.1. The number of hydrogen-bond donors (Lipinski definition) is 2. The van der Waals surface area contributed by atoms with Crippen LogP contribution in [0.3, 0.4) is 0 Å².